The average molecular weight is 448 g/mol. The Kier molecular flexibility index (Phi) is 5.41. The van der Waals surface area contributed by atoms with Crippen LogP contribution in [0.25, 0.3) is 22.6 Å². The summed E-state index contributed by atoms with van der Waals surface area (Å²) in [7, 11) is 1.65. The second-order valence-corrected chi connectivity index (χ2v) is 8.15. The van der Waals surface area contributed by atoms with E-state index in [2.05, 4.69) is 14.9 Å². The van der Waals surface area contributed by atoms with Crippen molar-refractivity contribution in [3.05, 3.63) is 71.9 Å². The lowest BCUT2D eigenvalue weighted by Crippen LogP contribution is -2.33. The predicted molar refractivity (Wildman–Crippen MR) is 125 cm³/mol. The Morgan fingerprint density at radius 1 is 1.16 bits per heavy atom. The van der Waals surface area contributed by atoms with Gasteiger partial charge in [-0.3, -0.25) is 0 Å². The number of methoxy groups -OCH3 is 1. The number of hydrogen-bond donors (Lipinski definition) is 1. The zero-order chi connectivity index (χ0) is 22.1. The predicted octanol–water partition coefficient (Wildman–Crippen LogP) is 5.24. The van der Waals surface area contributed by atoms with Crippen molar-refractivity contribution in [2.24, 2.45) is 0 Å². The van der Waals surface area contributed by atoms with Gasteiger partial charge in [0, 0.05) is 35.6 Å². The minimum atomic E-state index is -0.141. The zero-order valence-corrected chi connectivity index (χ0v) is 18.3. The highest BCUT2D eigenvalue weighted by Gasteiger charge is 2.31. The summed E-state index contributed by atoms with van der Waals surface area (Å²) in [5.41, 5.74) is 3.31. The molecule has 0 radical (unpaired) electrons. The maximum Gasteiger partial charge on any atom is 0.321 e. The molecule has 1 aliphatic heterocycles. The minimum Gasteiger partial charge on any atom is -0.497 e. The van der Waals surface area contributed by atoms with Crippen LogP contribution in [0.15, 0.2) is 66.9 Å². The number of benzene rings is 2. The molecule has 2 aromatic heterocycles. The van der Waals surface area contributed by atoms with E-state index in [1.165, 1.54) is 0 Å². The van der Waals surface area contributed by atoms with E-state index < -0.39 is 0 Å². The van der Waals surface area contributed by atoms with Gasteiger partial charge < -0.3 is 19.5 Å². The van der Waals surface area contributed by atoms with Crippen LogP contribution in [0.4, 0.5) is 10.5 Å². The quantitative estimate of drug-likeness (QED) is 0.464. The van der Waals surface area contributed by atoms with Gasteiger partial charge in [0.2, 0.25) is 0 Å². The highest BCUT2D eigenvalue weighted by atomic mass is 35.5. The molecule has 1 fully saturated rings. The maximum atomic E-state index is 12.8. The van der Waals surface area contributed by atoms with Crippen LogP contribution in [0.3, 0.4) is 0 Å². The molecule has 32 heavy (non-hydrogen) atoms. The number of urea groups is 1. The highest BCUT2D eigenvalue weighted by molar-refractivity contribution is 6.30. The van der Waals surface area contributed by atoms with Gasteiger partial charge in [-0.25, -0.2) is 14.8 Å². The van der Waals surface area contributed by atoms with Crippen LogP contribution in [0.5, 0.6) is 5.75 Å². The number of carbonyl (C=O) groups is 1. The number of amides is 2. The van der Waals surface area contributed by atoms with E-state index in [0.29, 0.717) is 23.8 Å². The fourth-order valence-corrected chi connectivity index (χ4v) is 4.32. The third-order valence-electron chi connectivity index (χ3n) is 5.69. The molecule has 1 aliphatic rings. The number of imidazole rings is 1. The molecule has 2 aromatic carbocycles. The molecule has 7 nitrogen and oxygen atoms in total. The van der Waals surface area contributed by atoms with Crippen LogP contribution >= 0.6 is 11.6 Å². The Bertz CT molecular complexity index is 1270. The normalized spacial score (nSPS) is 15.8. The number of hydrogen-bond acceptors (Lipinski definition) is 4. The van der Waals surface area contributed by atoms with Crippen LogP contribution in [-0.4, -0.2) is 45.7 Å². The first-order valence-corrected chi connectivity index (χ1v) is 10.8. The third kappa shape index (κ3) is 3.87. The summed E-state index contributed by atoms with van der Waals surface area (Å²) in [6.45, 7) is 1.21. The molecule has 0 bridgehead atoms. The standard InChI is InChI=1S/C24H22ClN5O2/c1-32-20-9-7-16(8-10-20)22-28-21-6-3-12-26-23(21)30(22)19-11-13-29(15-19)24(31)27-18-5-2-4-17(25)14-18/h2-10,12,14,19H,11,13,15H2,1H3,(H,27,31)/t19-/m0/s1. The lowest BCUT2D eigenvalue weighted by Gasteiger charge is -2.19. The number of ether oxygens (including phenoxy) is 1. The SMILES string of the molecule is COc1ccc(-c2nc3cccnc3n2[C@H]2CCN(C(=O)Nc3cccc(Cl)c3)C2)cc1. The first kappa shape index (κ1) is 20.3. The van der Waals surface area contributed by atoms with Crippen molar-refractivity contribution in [1.29, 1.82) is 0 Å². The van der Waals surface area contributed by atoms with Gasteiger partial charge in [0.1, 0.15) is 17.1 Å². The van der Waals surface area contributed by atoms with E-state index in [1.54, 1.807) is 25.4 Å². The van der Waals surface area contributed by atoms with Crippen LogP contribution in [0.1, 0.15) is 12.5 Å². The first-order chi connectivity index (χ1) is 15.6. The number of fused-ring (bicyclic) bond motifs is 1. The zero-order valence-electron chi connectivity index (χ0n) is 17.5. The number of rotatable bonds is 4. The molecular formula is C24H22ClN5O2. The molecule has 1 saturated heterocycles. The van der Waals surface area contributed by atoms with Gasteiger partial charge in [-0.15, -0.1) is 0 Å². The van der Waals surface area contributed by atoms with Crippen LogP contribution in [0, 0.1) is 0 Å². The fourth-order valence-electron chi connectivity index (χ4n) is 4.13. The first-order valence-electron chi connectivity index (χ1n) is 10.4. The summed E-state index contributed by atoms with van der Waals surface area (Å²) in [6, 6.07) is 18.8. The van der Waals surface area contributed by atoms with Crippen molar-refractivity contribution in [2.45, 2.75) is 12.5 Å². The van der Waals surface area contributed by atoms with Crippen molar-refractivity contribution in [3.8, 4) is 17.1 Å². The Morgan fingerprint density at radius 2 is 2.00 bits per heavy atom. The van der Waals surface area contributed by atoms with E-state index in [-0.39, 0.29) is 12.1 Å². The summed E-state index contributed by atoms with van der Waals surface area (Å²) in [6.07, 6.45) is 2.59. The number of carbonyl (C=O) groups excluding carboxylic acids is 1. The van der Waals surface area contributed by atoms with E-state index in [9.17, 15) is 4.79 Å². The molecule has 0 unspecified atom stereocenters. The molecule has 0 saturated carbocycles. The second kappa shape index (κ2) is 8.51. The Hall–Kier alpha value is -3.58. The number of anilines is 1. The van der Waals surface area contributed by atoms with Crippen molar-refractivity contribution in [1.82, 2.24) is 19.4 Å². The van der Waals surface area contributed by atoms with Crippen molar-refractivity contribution in [3.63, 3.8) is 0 Å². The lowest BCUT2D eigenvalue weighted by atomic mass is 10.2. The number of nitrogens with one attached hydrogen (secondary N) is 1. The fraction of sp³-hybridized carbons (Fsp3) is 0.208. The smallest absolute Gasteiger partial charge is 0.321 e. The average Bonchev–Trinajstić information content (AvgIpc) is 3.44. The molecule has 1 N–H and O–H groups in total. The van der Waals surface area contributed by atoms with Crippen LogP contribution in [-0.2, 0) is 0 Å². The Balaban J connectivity index is 1.43. The van der Waals surface area contributed by atoms with Gasteiger partial charge in [-0.05, 0) is 61.0 Å². The molecule has 1 atom stereocenters. The summed E-state index contributed by atoms with van der Waals surface area (Å²) < 4.78 is 7.45. The number of nitrogens with zero attached hydrogens (tertiary/aromatic N) is 4. The van der Waals surface area contributed by atoms with Crippen LogP contribution < -0.4 is 10.1 Å². The molecule has 0 aliphatic carbocycles. The Morgan fingerprint density at radius 3 is 2.78 bits per heavy atom. The van der Waals surface area contributed by atoms with Crippen molar-refractivity contribution < 1.29 is 9.53 Å². The van der Waals surface area contributed by atoms with Crippen molar-refractivity contribution >= 4 is 34.5 Å². The van der Waals surface area contributed by atoms with Crippen molar-refractivity contribution in [2.75, 3.05) is 25.5 Å². The highest BCUT2D eigenvalue weighted by Crippen LogP contribution is 2.33. The van der Waals surface area contributed by atoms with Crippen LogP contribution in [0.2, 0.25) is 5.02 Å². The number of pyridine rings is 1. The molecule has 5 rings (SSSR count). The maximum absolute atomic E-state index is 12.8. The van der Waals surface area contributed by atoms with E-state index in [4.69, 9.17) is 21.3 Å². The van der Waals surface area contributed by atoms with E-state index in [0.717, 1.165) is 34.7 Å². The molecular weight excluding hydrogens is 426 g/mol. The summed E-state index contributed by atoms with van der Waals surface area (Å²) in [4.78, 5) is 24.1. The van der Waals surface area contributed by atoms with E-state index in [1.807, 2.05) is 53.4 Å². The molecule has 4 aromatic rings. The summed E-state index contributed by atoms with van der Waals surface area (Å²) in [5.74, 6) is 1.63. The van der Waals surface area contributed by atoms with Gasteiger partial charge >= 0.3 is 6.03 Å². The monoisotopic (exact) mass is 447 g/mol. The summed E-state index contributed by atoms with van der Waals surface area (Å²) in [5, 5.41) is 3.52. The second-order valence-electron chi connectivity index (χ2n) is 7.71. The summed E-state index contributed by atoms with van der Waals surface area (Å²) >= 11 is 6.04. The van der Waals surface area contributed by atoms with Gasteiger partial charge in [-0.1, -0.05) is 17.7 Å². The largest absolute Gasteiger partial charge is 0.497 e. The van der Waals surface area contributed by atoms with Gasteiger partial charge in [0.25, 0.3) is 0 Å². The van der Waals surface area contributed by atoms with Gasteiger partial charge in [-0.2, -0.15) is 0 Å². The van der Waals surface area contributed by atoms with E-state index >= 15 is 0 Å². The Labute approximate surface area is 190 Å². The van der Waals surface area contributed by atoms with Gasteiger partial charge in [0.05, 0.1) is 13.2 Å². The molecule has 3 heterocycles. The number of aromatic nitrogens is 3. The number of likely N-dealkylation sites (tertiary alicyclic amines) is 1. The van der Waals surface area contributed by atoms with Gasteiger partial charge in [0.15, 0.2) is 5.65 Å². The molecule has 2 amide bonds. The molecule has 162 valence electrons. The molecule has 8 heteroatoms. The third-order valence-corrected chi connectivity index (χ3v) is 5.92. The molecule has 0 spiro atoms. The lowest BCUT2D eigenvalue weighted by molar-refractivity contribution is 0.221. The topological polar surface area (TPSA) is 72.3 Å². The number of halogens is 1. The minimum absolute atomic E-state index is 0.0668.